The molecule has 0 radical (unpaired) electrons. The Bertz CT molecular complexity index is 1560. The number of hydrogen-bond donors (Lipinski definition) is 2. The normalized spacial score (nSPS) is 19.8. The average molecular weight is 530 g/mol. The van der Waals surface area contributed by atoms with Gasteiger partial charge in [-0.1, -0.05) is 30.3 Å². The minimum absolute atomic E-state index is 0.0386. The molecular formula is C29H31N5O3S. The van der Waals surface area contributed by atoms with Crippen molar-refractivity contribution >= 4 is 26.6 Å². The molecule has 9 heteroatoms. The number of benzene rings is 2. The Balaban J connectivity index is 1.29. The maximum Gasteiger partial charge on any atom is 0.228 e. The van der Waals surface area contributed by atoms with E-state index in [9.17, 15) is 8.42 Å². The number of sulfone groups is 1. The molecule has 2 fully saturated rings. The van der Waals surface area contributed by atoms with E-state index in [2.05, 4.69) is 15.3 Å². The van der Waals surface area contributed by atoms with Gasteiger partial charge in [-0.25, -0.2) is 23.4 Å². The third-order valence-corrected chi connectivity index (χ3v) is 9.58. The Morgan fingerprint density at radius 1 is 0.868 bits per heavy atom. The van der Waals surface area contributed by atoms with Gasteiger partial charge in [-0.3, -0.25) is 0 Å². The maximum absolute atomic E-state index is 12.7. The number of nitrogens with one attached hydrogen (secondary N) is 1. The van der Waals surface area contributed by atoms with Crippen molar-refractivity contribution in [1.82, 2.24) is 15.0 Å². The van der Waals surface area contributed by atoms with Crippen molar-refractivity contribution < 1.29 is 13.2 Å². The van der Waals surface area contributed by atoms with Crippen molar-refractivity contribution in [2.24, 2.45) is 5.73 Å². The fraction of sp³-hybridized carbons (Fsp3) is 0.345. The molecule has 0 aliphatic heterocycles. The van der Waals surface area contributed by atoms with E-state index in [-0.39, 0.29) is 17.0 Å². The summed E-state index contributed by atoms with van der Waals surface area (Å²) in [5.41, 5.74) is 8.28. The zero-order valence-electron chi connectivity index (χ0n) is 21.1. The quantitative estimate of drug-likeness (QED) is 0.318. The van der Waals surface area contributed by atoms with Crippen molar-refractivity contribution in [2.45, 2.75) is 61.6 Å². The fourth-order valence-electron chi connectivity index (χ4n) is 5.11. The summed E-state index contributed by atoms with van der Waals surface area (Å²) in [7, 11) is -3.14. The second-order valence-electron chi connectivity index (χ2n) is 10.3. The van der Waals surface area contributed by atoms with Crippen LogP contribution in [0.15, 0.2) is 67.0 Å². The molecule has 3 N–H and O–H groups in total. The monoisotopic (exact) mass is 529 g/mol. The van der Waals surface area contributed by atoms with E-state index >= 15 is 0 Å². The second-order valence-corrected chi connectivity index (χ2v) is 12.5. The van der Waals surface area contributed by atoms with Gasteiger partial charge in [0.25, 0.3) is 0 Å². The number of aromatic nitrogens is 3. The highest BCUT2D eigenvalue weighted by molar-refractivity contribution is 7.91. The maximum atomic E-state index is 12.7. The van der Waals surface area contributed by atoms with Gasteiger partial charge in [0.2, 0.25) is 11.8 Å². The molecule has 2 saturated carbocycles. The van der Waals surface area contributed by atoms with Crippen LogP contribution in [0, 0.1) is 0 Å². The van der Waals surface area contributed by atoms with E-state index < -0.39 is 9.84 Å². The van der Waals surface area contributed by atoms with Gasteiger partial charge in [0.15, 0.2) is 9.84 Å². The molecule has 6 rings (SSSR count). The second kappa shape index (κ2) is 10.3. The minimum Gasteiger partial charge on any atom is -0.438 e. The van der Waals surface area contributed by atoms with Crippen LogP contribution < -0.4 is 15.8 Å². The van der Waals surface area contributed by atoms with E-state index in [0.717, 1.165) is 60.4 Å². The summed E-state index contributed by atoms with van der Waals surface area (Å²) in [6.07, 6.45) is 8.94. The molecule has 38 heavy (non-hydrogen) atoms. The van der Waals surface area contributed by atoms with E-state index in [1.54, 1.807) is 12.4 Å². The minimum atomic E-state index is -3.14. The molecule has 0 bridgehead atoms. The molecular weight excluding hydrogens is 498 g/mol. The lowest BCUT2D eigenvalue weighted by Gasteiger charge is -2.26. The van der Waals surface area contributed by atoms with Gasteiger partial charge >= 0.3 is 0 Å². The molecule has 2 aliphatic carbocycles. The average Bonchev–Trinajstić information content (AvgIpc) is 3.79. The smallest absolute Gasteiger partial charge is 0.228 e. The standard InChI is InChI=1S/C29H31N5O3S/c30-20-8-10-21(11-9-20)33-29-32-17-15-26(34-29)25-6-3-16-31-28(25)37-27-14-7-19(18-38(35,36)22-12-13-22)23-4-1-2-5-24(23)27/h1-7,14-17,20-22H,8-13,18,30H2,(H,32,33,34). The van der Waals surface area contributed by atoms with Crippen molar-refractivity contribution in [3.63, 3.8) is 0 Å². The van der Waals surface area contributed by atoms with E-state index in [1.807, 2.05) is 54.6 Å². The molecule has 0 unspecified atom stereocenters. The number of hydrogen-bond acceptors (Lipinski definition) is 8. The summed E-state index contributed by atoms with van der Waals surface area (Å²) in [6, 6.07) is 17.6. The van der Waals surface area contributed by atoms with Gasteiger partial charge in [-0.2, -0.15) is 0 Å². The summed E-state index contributed by atoms with van der Waals surface area (Å²) in [4.78, 5) is 13.7. The van der Waals surface area contributed by atoms with Crippen LogP contribution in [0.25, 0.3) is 22.0 Å². The summed E-state index contributed by atoms with van der Waals surface area (Å²) in [5, 5.41) is 4.96. The SMILES string of the molecule is NC1CCC(Nc2nccc(-c3cccnc3Oc3ccc(CS(=O)(=O)C4CC4)c4ccccc34)n2)CC1. The first kappa shape index (κ1) is 24.8. The lowest BCUT2D eigenvalue weighted by Crippen LogP contribution is -2.33. The third kappa shape index (κ3) is 5.35. The molecule has 8 nitrogen and oxygen atoms in total. The number of ether oxygens (including phenoxy) is 1. The number of fused-ring (bicyclic) bond motifs is 1. The highest BCUT2D eigenvalue weighted by Gasteiger charge is 2.35. The third-order valence-electron chi connectivity index (χ3n) is 7.38. The summed E-state index contributed by atoms with van der Waals surface area (Å²) >= 11 is 0. The molecule has 2 aromatic carbocycles. The van der Waals surface area contributed by atoms with Gasteiger partial charge in [-0.15, -0.1) is 0 Å². The van der Waals surface area contributed by atoms with Gasteiger partial charge in [0, 0.05) is 29.9 Å². The van der Waals surface area contributed by atoms with Gasteiger partial charge < -0.3 is 15.8 Å². The van der Waals surface area contributed by atoms with Gasteiger partial charge in [0.1, 0.15) is 5.75 Å². The lowest BCUT2D eigenvalue weighted by molar-refractivity contribution is 0.410. The van der Waals surface area contributed by atoms with Crippen molar-refractivity contribution in [1.29, 1.82) is 0 Å². The predicted octanol–water partition coefficient (Wildman–Crippen LogP) is 5.24. The van der Waals surface area contributed by atoms with Crippen LogP contribution >= 0.6 is 0 Å². The number of nitrogens with zero attached hydrogens (tertiary/aromatic N) is 3. The highest BCUT2D eigenvalue weighted by Crippen LogP contribution is 2.37. The largest absolute Gasteiger partial charge is 0.438 e. The number of anilines is 1. The van der Waals surface area contributed by atoms with Crippen molar-refractivity contribution in [3.05, 3.63) is 72.6 Å². The lowest BCUT2D eigenvalue weighted by atomic mass is 9.92. The Hall–Kier alpha value is -3.56. The van der Waals surface area contributed by atoms with Gasteiger partial charge in [-0.05, 0) is 73.7 Å². The zero-order valence-corrected chi connectivity index (χ0v) is 21.9. The number of rotatable bonds is 8. The topological polar surface area (TPSA) is 120 Å². The molecule has 2 aromatic heterocycles. The van der Waals surface area contributed by atoms with Crippen LogP contribution in [0.1, 0.15) is 44.1 Å². The van der Waals surface area contributed by atoms with Crippen LogP contribution in [0.5, 0.6) is 11.6 Å². The molecule has 2 aliphatic rings. The first-order chi connectivity index (χ1) is 18.5. The molecule has 4 aromatic rings. The van der Waals surface area contributed by atoms with Crippen molar-refractivity contribution in [3.8, 4) is 22.9 Å². The summed E-state index contributed by atoms with van der Waals surface area (Å²) in [5.74, 6) is 1.64. The first-order valence-corrected chi connectivity index (χ1v) is 14.9. The Morgan fingerprint density at radius 3 is 2.45 bits per heavy atom. The zero-order chi connectivity index (χ0) is 26.1. The first-order valence-electron chi connectivity index (χ1n) is 13.2. The van der Waals surface area contributed by atoms with Crippen LogP contribution in [0.4, 0.5) is 5.95 Å². The van der Waals surface area contributed by atoms with Crippen LogP contribution in [-0.2, 0) is 15.6 Å². The predicted molar refractivity (Wildman–Crippen MR) is 149 cm³/mol. The summed E-state index contributed by atoms with van der Waals surface area (Å²) in [6.45, 7) is 0. The molecule has 2 heterocycles. The molecule has 0 spiro atoms. The van der Waals surface area contributed by atoms with Crippen LogP contribution in [-0.4, -0.2) is 40.7 Å². The van der Waals surface area contributed by atoms with Crippen LogP contribution in [0.3, 0.4) is 0 Å². The Kier molecular flexibility index (Phi) is 6.71. The molecule has 0 atom stereocenters. The molecule has 0 saturated heterocycles. The van der Waals surface area contributed by atoms with E-state index in [1.165, 1.54) is 0 Å². The number of pyridine rings is 1. The highest BCUT2D eigenvalue weighted by atomic mass is 32.2. The van der Waals surface area contributed by atoms with E-state index in [4.69, 9.17) is 15.5 Å². The summed E-state index contributed by atoms with van der Waals surface area (Å²) < 4.78 is 31.7. The molecule has 0 amide bonds. The van der Waals surface area contributed by atoms with E-state index in [0.29, 0.717) is 29.3 Å². The Labute approximate surface area is 222 Å². The fourth-order valence-corrected chi connectivity index (χ4v) is 6.88. The number of nitrogens with two attached hydrogens (primary N) is 1. The van der Waals surface area contributed by atoms with Crippen LogP contribution in [0.2, 0.25) is 0 Å². The Morgan fingerprint density at radius 2 is 1.66 bits per heavy atom. The van der Waals surface area contributed by atoms with Crippen molar-refractivity contribution in [2.75, 3.05) is 5.32 Å². The van der Waals surface area contributed by atoms with Gasteiger partial charge in [0.05, 0.1) is 22.3 Å². The molecule has 196 valence electrons.